The number of phosphoric acid groups is 2. The van der Waals surface area contributed by atoms with Crippen LogP contribution in [0, 0.1) is 5.92 Å². The molecule has 0 rings (SSSR count). The summed E-state index contributed by atoms with van der Waals surface area (Å²) in [4.78, 5) is 72.6. The number of aliphatic hydroxyl groups excluding tert-OH is 1. The van der Waals surface area contributed by atoms with Gasteiger partial charge in [0.15, 0.2) is 12.2 Å². The van der Waals surface area contributed by atoms with E-state index in [9.17, 15) is 43.2 Å². The Bertz CT molecular complexity index is 1810. The van der Waals surface area contributed by atoms with E-state index in [-0.39, 0.29) is 25.7 Å². The van der Waals surface area contributed by atoms with E-state index >= 15 is 0 Å². The lowest BCUT2D eigenvalue weighted by atomic mass is 10.0. The first-order valence-corrected chi connectivity index (χ1v) is 42.1. The van der Waals surface area contributed by atoms with Crippen LogP contribution >= 0.6 is 15.6 Å². The van der Waals surface area contributed by atoms with Crippen LogP contribution in [0.4, 0.5) is 0 Å². The summed E-state index contributed by atoms with van der Waals surface area (Å²) in [6.07, 6.45) is 57.0. The van der Waals surface area contributed by atoms with Crippen LogP contribution in [0.3, 0.4) is 0 Å². The van der Waals surface area contributed by atoms with Crippen LogP contribution in [0.25, 0.3) is 0 Å². The van der Waals surface area contributed by atoms with Gasteiger partial charge in [-0.25, -0.2) is 9.13 Å². The number of esters is 4. The van der Waals surface area contributed by atoms with Gasteiger partial charge in [-0.15, -0.1) is 0 Å². The molecule has 0 aromatic carbocycles. The molecule has 94 heavy (non-hydrogen) atoms. The summed E-state index contributed by atoms with van der Waals surface area (Å²) in [7, 11) is -9.90. The molecule has 0 saturated carbocycles. The van der Waals surface area contributed by atoms with Crippen LogP contribution in [0.1, 0.15) is 394 Å². The van der Waals surface area contributed by atoms with Crippen molar-refractivity contribution in [3.63, 3.8) is 0 Å². The minimum atomic E-state index is -4.95. The number of carbonyl (C=O) groups excluding carboxylic acids is 4. The van der Waals surface area contributed by atoms with Crippen LogP contribution in [0.2, 0.25) is 0 Å². The molecule has 0 spiro atoms. The lowest BCUT2D eigenvalue weighted by molar-refractivity contribution is -0.161. The SMILES string of the molecule is CCCCCCCCCCCCCCCCCCCCCC(=O)O[C@H](COC(=O)CCCCCCCCCCCCCC(C)C)COP(=O)(O)OC[C@@H](O)COP(=O)(O)OC[C@@H](COC(=O)CCCCCCCCC)OC(=O)CCCCCCCCCCCCCCCC. The molecular weight excluding hydrogens is 1230 g/mol. The second-order valence-corrected chi connectivity index (χ2v) is 30.4. The number of hydrogen-bond donors (Lipinski definition) is 3. The molecule has 3 N–H and O–H groups in total. The first-order valence-electron chi connectivity index (χ1n) is 39.1. The van der Waals surface area contributed by atoms with Gasteiger partial charge in [0.05, 0.1) is 26.4 Å². The van der Waals surface area contributed by atoms with Gasteiger partial charge in [-0.2, -0.15) is 0 Å². The van der Waals surface area contributed by atoms with Crippen molar-refractivity contribution < 1.29 is 80.2 Å². The molecule has 0 aliphatic carbocycles. The average molecular weight is 1380 g/mol. The van der Waals surface area contributed by atoms with Gasteiger partial charge in [0.1, 0.15) is 19.3 Å². The highest BCUT2D eigenvalue weighted by atomic mass is 31.2. The molecule has 0 heterocycles. The van der Waals surface area contributed by atoms with E-state index in [1.54, 1.807) is 0 Å². The Balaban J connectivity index is 5.18. The van der Waals surface area contributed by atoms with Crippen LogP contribution in [-0.2, 0) is 65.4 Å². The third-order valence-electron chi connectivity index (χ3n) is 17.5. The van der Waals surface area contributed by atoms with Gasteiger partial charge in [-0.1, -0.05) is 343 Å². The second-order valence-electron chi connectivity index (χ2n) is 27.5. The lowest BCUT2D eigenvalue weighted by Gasteiger charge is -2.21. The van der Waals surface area contributed by atoms with Crippen LogP contribution < -0.4 is 0 Å². The fourth-order valence-electron chi connectivity index (χ4n) is 11.5. The molecule has 0 aromatic rings. The van der Waals surface area contributed by atoms with E-state index in [0.29, 0.717) is 25.7 Å². The molecule has 0 fully saturated rings. The molecule has 2 unspecified atom stereocenters. The van der Waals surface area contributed by atoms with Gasteiger partial charge in [0.2, 0.25) is 0 Å². The summed E-state index contributed by atoms with van der Waals surface area (Å²) >= 11 is 0. The Labute approximate surface area is 575 Å². The Morgan fingerprint density at radius 1 is 0.287 bits per heavy atom. The maximum absolute atomic E-state index is 13.1. The number of rotatable bonds is 75. The third-order valence-corrected chi connectivity index (χ3v) is 19.4. The number of aliphatic hydroxyl groups is 1. The summed E-state index contributed by atoms with van der Waals surface area (Å²) in [5.41, 5.74) is 0. The minimum Gasteiger partial charge on any atom is -0.462 e. The second kappa shape index (κ2) is 68.2. The first kappa shape index (κ1) is 92.1. The molecule has 0 saturated heterocycles. The van der Waals surface area contributed by atoms with Crippen molar-refractivity contribution in [3.05, 3.63) is 0 Å². The zero-order valence-electron chi connectivity index (χ0n) is 61.1. The topological polar surface area (TPSA) is 237 Å². The summed E-state index contributed by atoms with van der Waals surface area (Å²) in [6, 6.07) is 0. The highest BCUT2D eigenvalue weighted by Gasteiger charge is 2.30. The zero-order valence-corrected chi connectivity index (χ0v) is 62.9. The molecule has 19 heteroatoms. The number of phosphoric ester groups is 2. The smallest absolute Gasteiger partial charge is 0.462 e. The van der Waals surface area contributed by atoms with Crippen molar-refractivity contribution in [1.82, 2.24) is 0 Å². The van der Waals surface area contributed by atoms with Crippen molar-refractivity contribution in [2.24, 2.45) is 5.92 Å². The Hall–Kier alpha value is -1.94. The summed E-state index contributed by atoms with van der Waals surface area (Å²) in [6.45, 7) is 7.25. The summed E-state index contributed by atoms with van der Waals surface area (Å²) in [5, 5.41) is 10.6. The van der Waals surface area contributed by atoms with Crippen molar-refractivity contribution in [1.29, 1.82) is 0 Å². The van der Waals surface area contributed by atoms with E-state index in [1.165, 1.54) is 205 Å². The van der Waals surface area contributed by atoms with E-state index in [0.717, 1.165) is 109 Å². The predicted octanol–water partition coefficient (Wildman–Crippen LogP) is 22.1. The highest BCUT2D eigenvalue weighted by molar-refractivity contribution is 7.47. The molecule has 558 valence electrons. The van der Waals surface area contributed by atoms with Gasteiger partial charge in [-0.3, -0.25) is 37.3 Å². The summed E-state index contributed by atoms with van der Waals surface area (Å²) < 4.78 is 68.4. The number of ether oxygens (including phenoxy) is 4. The molecule has 0 radical (unpaired) electrons. The van der Waals surface area contributed by atoms with Crippen LogP contribution in [0.5, 0.6) is 0 Å². The van der Waals surface area contributed by atoms with Crippen molar-refractivity contribution in [2.45, 2.75) is 412 Å². The average Bonchev–Trinajstić information content (AvgIpc) is 1.60. The van der Waals surface area contributed by atoms with Gasteiger partial charge in [0, 0.05) is 25.7 Å². The Morgan fingerprint density at radius 3 is 0.723 bits per heavy atom. The van der Waals surface area contributed by atoms with Gasteiger partial charge >= 0.3 is 39.5 Å². The van der Waals surface area contributed by atoms with Crippen molar-refractivity contribution >= 4 is 39.5 Å². The Morgan fingerprint density at radius 2 is 0.489 bits per heavy atom. The molecule has 0 aliphatic heterocycles. The van der Waals surface area contributed by atoms with E-state index in [1.807, 2.05) is 0 Å². The molecule has 0 bridgehead atoms. The third kappa shape index (κ3) is 68.6. The zero-order chi connectivity index (χ0) is 69.1. The highest BCUT2D eigenvalue weighted by Crippen LogP contribution is 2.45. The Kier molecular flexibility index (Phi) is 66.8. The van der Waals surface area contributed by atoms with Gasteiger partial charge < -0.3 is 33.8 Å². The lowest BCUT2D eigenvalue weighted by Crippen LogP contribution is -2.30. The molecule has 0 aliphatic rings. The quantitative estimate of drug-likeness (QED) is 0.0222. The first-order chi connectivity index (χ1) is 45.5. The van der Waals surface area contributed by atoms with Gasteiger partial charge in [0.25, 0.3) is 0 Å². The normalized spacial score (nSPS) is 14.0. The fourth-order valence-corrected chi connectivity index (χ4v) is 13.1. The maximum atomic E-state index is 13.1. The standard InChI is InChI=1S/C75H146O17P2/c1-6-9-12-15-18-20-22-24-26-27-28-29-30-32-36-41-46-51-56-61-75(80)92-71(65-86-73(78)59-54-49-44-39-37-33-34-38-43-47-52-57-68(4)5)67-90-94(83,84)88-63-69(76)62-87-93(81,82)89-66-70(64-85-72(77)58-53-48-42-17-14-11-8-3)91-74(79)60-55-50-45-40-35-31-25-23-21-19-16-13-10-7-2/h68-71,76H,6-67H2,1-5H3,(H,81,82)(H,83,84)/t69-,70+,71+/m0/s1. The fraction of sp³-hybridized carbons (Fsp3) is 0.947. The largest absolute Gasteiger partial charge is 0.472 e. The number of hydrogen-bond acceptors (Lipinski definition) is 15. The molecule has 0 amide bonds. The predicted molar refractivity (Wildman–Crippen MR) is 382 cm³/mol. The molecule has 17 nitrogen and oxygen atoms in total. The van der Waals surface area contributed by atoms with Crippen molar-refractivity contribution in [2.75, 3.05) is 39.6 Å². The molecular formula is C75H146O17P2. The number of carbonyl (C=O) groups is 4. The monoisotopic (exact) mass is 1380 g/mol. The van der Waals surface area contributed by atoms with E-state index < -0.39 is 97.5 Å². The molecule has 0 aromatic heterocycles. The van der Waals surface area contributed by atoms with Crippen molar-refractivity contribution in [3.8, 4) is 0 Å². The van der Waals surface area contributed by atoms with E-state index in [4.69, 9.17) is 37.0 Å². The minimum absolute atomic E-state index is 0.108. The maximum Gasteiger partial charge on any atom is 0.472 e. The van der Waals surface area contributed by atoms with Crippen LogP contribution in [-0.4, -0.2) is 96.7 Å². The number of unbranched alkanes of at least 4 members (excludes halogenated alkanes) is 47. The van der Waals surface area contributed by atoms with Crippen LogP contribution in [0.15, 0.2) is 0 Å². The molecule has 5 atom stereocenters. The van der Waals surface area contributed by atoms with Gasteiger partial charge in [-0.05, 0) is 31.6 Å². The van der Waals surface area contributed by atoms with E-state index in [2.05, 4.69) is 34.6 Å². The summed E-state index contributed by atoms with van der Waals surface area (Å²) in [5.74, 6) is -1.35.